The average molecular weight is 316 g/mol. The smallest absolute Gasteiger partial charge is 0.140 e. The highest BCUT2D eigenvalue weighted by molar-refractivity contribution is 5.99. The van der Waals surface area contributed by atoms with Gasteiger partial charge in [0.05, 0.1) is 5.56 Å². The third kappa shape index (κ3) is 3.79. The molecule has 120 valence electrons. The van der Waals surface area contributed by atoms with E-state index in [0.29, 0.717) is 18.7 Å². The maximum atomic E-state index is 7.84. The summed E-state index contributed by atoms with van der Waals surface area (Å²) in [7, 11) is 0. The maximum Gasteiger partial charge on any atom is 0.140 e. The highest BCUT2D eigenvalue weighted by atomic mass is 15.2. The topological polar surface area (TPSA) is 66.0 Å². The Bertz CT molecular complexity index is 759. The Balaban J connectivity index is 1.97. The van der Waals surface area contributed by atoms with Gasteiger partial charge in [0.25, 0.3) is 0 Å². The number of pyridine rings is 1. The zero-order chi connectivity index (χ0) is 16.8. The van der Waals surface area contributed by atoms with Crippen molar-refractivity contribution in [3.05, 3.63) is 95.7 Å². The molecule has 1 heterocycles. The van der Waals surface area contributed by atoms with Crippen LogP contribution in [0.15, 0.2) is 79.0 Å². The largest absolute Gasteiger partial charge is 0.384 e. The lowest BCUT2D eigenvalue weighted by atomic mass is 10.1. The number of anilines is 1. The lowest BCUT2D eigenvalue weighted by Crippen LogP contribution is -2.26. The SMILES string of the molecule is N=C(N)c1cccnc1N(Cc1ccccc1)Cc1ccccc1. The van der Waals surface area contributed by atoms with E-state index < -0.39 is 0 Å². The normalized spacial score (nSPS) is 10.3. The summed E-state index contributed by atoms with van der Waals surface area (Å²) in [6.07, 6.45) is 1.74. The van der Waals surface area contributed by atoms with E-state index in [4.69, 9.17) is 11.1 Å². The van der Waals surface area contributed by atoms with Crippen LogP contribution in [0.4, 0.5) is 5.82 Å². The van der Waals surface area contributed by atoms with Crippen molar-refractivity contribution < 1.29 is 0 Å². The highest BCUT2D eigenvalue weighted by Crippen LogP contribution is 2.22. The number of hydrogen-bond acceptors (Lipinski definition) is 3. The summed E-state index contributed by atoms with van der Waals surface area (Å²) >= 11 is 0. The quantitative estimate of drug-likeness (QED) is 0.539. The van der Waals surface area contributed by atoms with E-state index in [1.54, 1.807) is 6.20 Å². The number of benzene rings is 2. The van der Waals surface area contributed by atoms with Crippen LogP contribution in [0.25, 0.3) is 0 Å². The first-order valence-electron chi connectivity index (χ1n) is 7.86. The number of rotatable bonds is 6. The zero-order valence-electron chi connectivity index (χ0n) is 13.4. The van der Waals surface area contributed by atoms with Crippen molar-refractivity contribution in [2.45, 2.75) is 13.1 Å². The number of amidine groups is 1. The van der Waals surface area contributed by atoms with E-state index in [0.717, 1.165) is 5.82 Å². The summed E-state index contributed by atoms with van der Waals surface area (Å²) in [4.78, 5) is 6.65. The fourth-order valence-corrected chi connectivity index (χ4v) is 2.67. The monoisotopic (exact) mass is 316 g/mol. The van der Waals surface area contributed by atoms with Crippen molar-refractivity contribution in [2.24, 2.45) is 5.73 Å². The van der Waals surface area contributed by atoms with Gasteiger partial charge in [0, 0.05) is 19.3 Å². The Labute approximate surface area is 142 Å². The van der Waals surface area contributed by atoms with Gasteiger partial charge < -0.3 is 10.6 Å². The van der Waals surface area contributed by atoms with Gasteiger partial charge in [0.15, 0.2) is 0 Å². The molecule has 0 saturated heterocycles. The van der Waals surface area contributed by atoms with Gasteiger partial charge in [-0.05, 0) is 23.3 Å². The summed E-state index contributed by atoms with van der Waals surface area (Å²) in [5.41, 5.74) is 8.79. The van der Waals surface area contributed by atoms with Crippen molar-refractivity contribution in [1.29, 1.82) is 5.41 Å². The van der Waals surface area contributed by atoms with E-state index in [-0.39, 0.29) is 5.84 Å². The van der Waals surface area contributed by atoms with Crippen LogP contribution in [0.3, 0.4) is 0 Å². The van der Waals surface area contributed by atoms with Crippen LogP contribution in [0, 0.1) is 5.41 Å². The van der Waals surface area contributed by atoms with Crippen LogP contribution in [0.5, 0.6) is 0 Å². The molecule has 4 nitrogen and oxygen atoms in total. The molecule has 0 aliphatic carbocycles. The summed E-state index contributed by atoms with van der Waals surface area (Å²) in [5.74, 6) is 0.766. The van der Waals surface area contributed by atoms with E-state index in [2.05, 4.69) is 34.1 Å². The third-order valence-electron chi connectivity index (χ3n) is 3.81. The van der Waals surface area contributed by atoms with Crippen LogP contribution in [0.2, 0.25) is 0 Å². The molecule has 24 heavy (non-hydrogen) atoms. The molecule has 1 aromatic heterocycles. The molecule has 0 atom stereocenters. The molecule has 3 rings (SSSR count). The van der Waals surface area contributed by atoms with Crippen molar-refractivity contribution >= 4 is 11.7 Å². The van der Waals surface area contributed by atoms with Crippen LogP contribution < -0.4 is 10.6 Å². The number of nitrogens with one attached hydrogen (secondary N) is 1. The molecular formula is C20H20N4. The van der Waals surface area contributed by atoms with Crippen molar-refractivity contribution in [2.75, 3.05) is 4.90 Å². The molecule has 0 bridgehead atoms. The van der Waals surface area contributed by atoms with Crippen molar-refractivity contribution in [3.63, 3.8) is 0 Å². The lowest BCUT2D eigenvalue weighted by Gasteiger charge is -2.26. The fraction of sp³-hybridized carbons (Fsp3) is 0.100. The molecule has 2 aromatic carbocycles. The second-order valence-electron chi connectivity index (χ2n) is 5.62. The Hall–Kier alpha value is -3.14. The maximum absolute atomic E-state index is 7.84. The highest BCUT2D eigenvalue weighted by Gasteiger charge is 2.15. The molecule has 4 heteroatoms. The molecular weight excluding hydrogens is 296 g/mol. The fourth-order valence-electron chi connectivity index (χ4n) is 2.67. The minimum absolute atomic E-state index is 0.0317. The molecule has 0 radical (unpaired) electrons. The number of hydrogen-bond donors (Lipinski definition) is 2. The first-order valence-corrected chi connectivity index (χ1v) is 7.86. The van der Waals surface area contributed by atoms with Gasteiger partial charge in [0.1, 0.15) is 11.7 Å². The van der Waals surface area contributed by atoms with Crippen molar-refractivity contribution in [1.82, 2.24) is 4.98 Å². The molecule has 0 aliphatic heterocycles. The first-order chi connectivity index (χ1) is 11.7. The Kier molecular flexibility index (Phi) is 4.87. The van der Waals surface area contributed by atoms with Crippen LogP contribution in [0.1, 0.15) is 16.7 Å². The Morgan fingerprint density at radius 1 is 0.833 bits per heavy atom. The van der Waals surface area contributed by atoms with Gasteiger partial charge in [-0.3, -0.25) is 5.41 Å². The summed E-state index contributed by atoms with van der Waals surface area (Å²) < 4.78 is 0. The molecule has 0 unspecified atom stereocenters. The number of nitrogens with two attached hydrogens (primary N) is 1. The van der Waals surface area contributed by atoms with Gasteiger partial charge in [-0.25, -0.2) is 4.98 Å². The molecule has 3 N–H and O–H groups in total. The number of aromatic nitrogens is 1. The van der Waals surface area contributed by atoms with Gasteiger partial charge in [0.2, 0.25) is 0 Å². The second kappa shape index (κ2) is 7.42. The zero-order valence-corrected chi connectivity index (χ0v) is 13.4. The third-order valence-corrected chi connectivity index (χ3v) is 3.81. The van der Waals surface area contributed by atoms with Gasteiger partial charge >= 0.3 is 0 Å². The lowest BCUT2D eigenvalue weighted by molar-refractivity contribution is 0.782. The molecule has 3 aromatic rings. The molecule has 0 saturated carbocycles. The van der Waals surface area contributed by atoms with Gasteiger partial charge in [-0.2, -0.15) is 0 Å². The molecule has 0 aliphatic rings. The predicted octanol–water partition coefficient (Wildman–Crippen LogP) is 3.57. The minimum atomic E-state index is 0.0317. The first kappa shape index (κ1) is 15.7. The van der Waals surface area contributed by atoms with E-state index in [9.17, 15) is 0 Å². The van der Waals surface area contributed by atoms with E-state index >= 15 is 0 Å². The Morgan fingerprint density at radius 2 is 1.38 bits per heavy atom. The number of nitrogens with zero attached hydrogens (tertiary/aromatic N) is 2. The van der Waals surface area contributed by atoms with E-state index in [1.807, 2.05) is 48.5 Å². The standard InChI is InChI=1S/C20H20N4/c21-19(22)18-12-7-13-23-20(18)24(14-16-8-3-1-4-9-16)15-17-10-5-2-6-11-17/h1-13H,14-15H2,(H3,21,22). The number of nitrogen functional groups attached to an aromatic ring is 1. The molecule has 0 fully saturated rings. The van der Waals surface area contributed by atoms with E-state index in [1.165, 1.54) is 11.1 Å². The summed E-state index contributed by atoms with van der Waals surface area (Å²) in [5, 5.41) is 7.84. The second-order valence-corrected chi connectivity index (χ2v) is 5.62. The van der Waals surface area contributed by atoms with Crippen LogP contribution in [-0.4, -0.2) is 10.8 Å². The summed E-state index contributed by atoms with van der Waals surface area (Å²) in [6.45, 7) is 1.40. The van der Waals surface area contributed by atoms with Gasteiger partial charge in [-0.1, -0.05) is 60.7 Å². The van der Waals surface area contributed by atoms with Gasteiger partial charge in [-0.15, -0.1) is 0 Å². The summed E-state index contributed by atoms with van der Waals surface area (Å²) in [6, 6.07) is 24.1. The Morgan fingerprint density at radius 3 is 1.88 bits per heavy atom. The predicted molar refractivity (Wildman–Crippen MR) is 98.0 cm³/mol. The average Bonchev–Trinajstić information content (AvgIpc) is 2.63. The molecule has 0 amide bonds. The minimum Gasteiger partial charge on any atom is -0.384 e. The molecule has 0 spiro atoms. The van der Waals surface area contributed by atoms with Crippen molar-refractivity contribution in [3.8, 4) is 0 Å². The van der Waals surface area contributed by atoms with Crippen LogP contribution in [-0.2, 0) is 13.1 Å². The van der Waals surface area contributed by atoms with Crippen LogP contribution >= 0.6 is 0 Å².